The summed E-state index contributed by atoms with van der Waals surface area (Å²) in [5, 5.41) is 3.52. The Kier molecular flexibility index (Phi) is 2.04. The van der Waals surface area contributed by atoms with E-state index in [1.54, 1.807) is 19.2 Å². The molecule has 1 rings (SSSR count). The first-order chi connectivity index (χ1) is 4.79. The average molecular weight is 139 g/mol. The molecule has 0 saturated heterocycles. The number of aliphatic imine (C=N–C) groups is 1. The minimum atomic E-state index is 0.475. The quantitative estimate of drug-likeness (QED) is 0.480. The van der Waals surface area contributed by atoms with Gasteiger partial charge in [-0.3, -0.25) is 4.99 Å². The minimum Gasteiger partial charge on any atom is -0.388 e. The van der Waals surface area contributed by atoms with Crippen LogP contribution >= 0.6 is 0 Å². The summed E-state index contributed by atoms with van der Waals surface area (Å²) in [5.41, 5.74) is 5.30. The molecule has 0 amide bonds. The van der Waals surface area contributed by atoms with Crippen LogP contribution in [0.5, 0.6) is 0 Å². The second-order valence-electron chi connectivity index (χ2n) is 1.94. The van der Waals surface area contributed by atoms with Gasteiger partial charge < -0.3 is 10.3 Å². The van der Waals surface area contributed by atoms with Crippen LogP contribution in [-0.4, -0.2) is 11.0 Å². The number of nitrogens with zero attached hydrogens (tertiary/aromatic N) is 2. The van der Waals surface area contributed by atoms with Crippen molar-refractivity contribution in [3.63, 3.8) is 0 Å². The highest BCUT2D eigenvalue weighted by Gasteiger charge is 1.92. The number of rotatable bonds is 2. The lowest BCUT2D eigenvalue weighted by Crippen LogP contribution is -2.05. The van der Waals surface area contributed by atoms with E-state index in [2.05, 4.69) is 10.1 Å². The van der Waals surface area contributed by atoms with Crippen LogP contribution in [0.3, 0.4) is 0 Å². The zero-order valence-electron chi connectivity index (χ0n) is 5.74. The molecule has 0 atom stereocenters. The summed E-state index contributed by atoms with van der Waals surface area (Å²) in [5.74, 6) is 1.28. The third-order valence-corrected chi connectivity index (χ3v) is 0.976. The first-order valence-electron chi connectivity index (χ1n) is 2.95. The van der Waals surface area contributed by atoms with E-state index in [0.29, 0.717) is 12.4 Å². The van der Waals surface area contributed by atoms with E-state index < -0.39 is 0 Å². The summed E-state index contributed by atoms with van der Waals surface area (Å²) < 4.78 is 4.77. The molecule has 4 heteroatoms. The van der Waals surface area contributed by atoms with Gasteiger partial charge in [-0.05, 0) is 6.92 Å². The second kappa shape index (κ2) is 3.00. The number of nitrogens with two attached hydrogens (primary N) is 1. The van der Waals surface area contributed by atoms with Gasteiger partial charge in [0.05, 0.1) is 12.0 Å². The van der Waals surface area contributed by atoms with Crippen LogP contribution in [0.4, 0.5) is 0 Å². The van der Waals surface area contributed by atoms with Crippen molar-refractivity contribution < 1.29 is 4.52 Å². The molecule has 54 valence electrons. The Balaban J connectivity index is 2.49. The number of hydrogen-bond acceptors (Lipinski definition) is 3. The molecule has 0 unspecified atom stereocenters. The molecular formula is C6H9N3O. The lowest BCUT2D eigenvalue weighted by Gasteiger charge is -1.87. The van der Waals surface area contributed by atoms with E-state index in [1.807, 2.05) is 0 Å². The van der Waals surface area contributed by atoms with E-state index in [-0.39, 0.29) is 0 Å². The van der Waals surface area contributed by atoms with Gasteiger partial charge in [0.2, 0.25) is 0 Å². The second-order valence-corrected chi connectivity index (χ2v) is 1.94. The molecule has 0 fully saturated rings. The molecule has 0 aromatic carbocycles. The fourth-order valence-electron chi connectivity index (χ4n) is 0.526. The van der Waals surface area contributed by atoms with Gasteiger partial charge >= 0.3 is 0 Å². The van der Waals surface area contributed by atoms with Crippen molar-refractivity contribution in [1.29, 1.82) is 0 Å². The predicted octanol–water partition coefficient (Wildman–Crippen LogP) is 0.552. The fraction of sp³-hybridized carbons (Fsp3) is 0.333. The maximum atomic E-state index is 5.30. The molecule has 0 aliphatic heterocycles. The van der Waals surface area contributed by atoms with Gasteiger partial charge in [0.15, 0.2) is 5.76 Å². The van der Waals surface area contributed by atoms with E-state index in [9.17, 15) is 0 Å². The lowest BCUT2D eigenvalue weighted by molar-refractivity contribution is 0.385. The van der Waals surface area contributed by atoms with Crippen molar-refractivity contribution >= 4 is 5.84 Å². The Morgan fingerprint density at radius 2 is 2.70 bits per heavy atom. The first-order valence-corrected chi connectivity index (χ1v) is 2.95. The van der Waals surface area contributed by atoms with Crippen LogP contribution < -0.4 is 5.73 Å². The summed E-state index contributed by atoms with van der Waals surface area (Å²) in [4.78, 5) is 3.93. The summed E-state index contributed by atoms with van der Waals surface area (Å²) in [7, 11) is 0. The van der Waals surface area contributed by atoms with Crippen molar-refractivity contribution in [2.45, 2.75) is 13.5 Å². The van der Waals surface area contributed by atoms with E-state index in [1.165, 1.54) is 0 Å². The van der Waals surface area contributed by atoms with Crippen molar-refractivity contribution in [2.75, 3.05) is 0 Å². The first kappa shape index (κ1) is 6.80. The molecule has 10 heavy (non-hydrogen) atoms. The maximum absolute atomic E-state index is 5.30. The van der Waals surface area contributed by atoms with Gasteiger partial charge in [-0.25, -0.2) is 0 Å². The summed E-state index contributed by atoms with van der Waals surface area (Å²) >= 11 is 0. The Labute approximate surface area is 58.7 Å². The van der Waals surface area contributed by atoms with Crippen molar-refractivity contribution in [3.8, 4) is 0 Å². The zero-order valence-corrected chi connectivity index (χ0v) is 5.74. The lowest BCUT2D eigenvalue weighted by atomic mass is 10.5. The average Bonchev–Trinajstić information content (AvgIpc) is 2.34. The number of aromatic nitrogens is 1. The third kappa shape index (κ3) is 1.89. The van der Waals surface area contributed by atoms with Crippen LogP contribution in [0, 0.1) is 0 Å². The van der Waals surface area contributed by atoms with E-state index in [4.69, 9.17) is 10.3 Å². The topological polar surface area (TPSA) is 64.4 Å². The van der Waals surface area contributed by atoms with E-state index >= 15 is 0 Å². The molecule has 0 bridgehead atoms. The Morgan fingerprint density at radius 3 is 3.20 bits per heavy atom. The number of hydrogen-bond donors (Lipinski definition) is 1. The summed E-state index contributed by atoms with van der Waals surface area (Å²) in [6.45, 7) is 2.21. The molecule has 0 saturated carbocycles. The molecule has 1 aromatic rings. The maximum Gasteiger partial charge on any atom is 0.158 e. The van der Waals surface area contributed by atoms with Gasteiger partial charge in [-0.15, -0.1) is 0 Å². The highest BCUT2D eigenvalue weighted by Crippen LogP contribution is 1.97. The van der Waals surface area contributed by atoms with Gasteiger partial charge in [-0.2, -0.15) is 0 Å². The molecule has 0 radical (unpaired) electrons. The van der Waals surface area contributed by atoms with Crippen LogP contribution in [0.15, 0.2) is 21.8 Å². The number of amidine groups is 1. The Bertz CT molecular complexity index is 211. The van der Waals surface area contributed by atoms with E-state index in [0.717, 1.165) is 5.76 Å². The Morgan fingerprint density at radius 1 is 1.90 bits per heavy atom. The molecule has 1 aromatic heterocycles. The van der Waals surface area contributed by atoms with Gasteiger partial charge in [-0.1, -0.05) is 5.16 Å². The highest BCUT2D eigenvalue weighted by atomic mass is 16.5. The van der Waals surface area contributed by atoms with Gasteiger partial charge in [0.25, 0.3) is 0 Å². The molecular weight excluding hydrogens is 130 g/mol. The molecule has 0 aliphatic rings. The molecule has 0 aliphatic carbocycles. The van der Waals surface area contributed by atoms with Crippen molar-refractivity contribution in [3.05, 3.63) is 18.0 Å². The predicted molar refractivity (Wildman–Crippen MR) is 37.5 cm³/mol. The minimum absolute atomic E-state index is 0.475. The van der Waals surface area contributed by atoms with Crippen LogP contribution in [-0.2, 0) is 6.54 Å². The van der Waals surface area contributed by atoms with Gasteiger partial charge in [0, 0.05) is 6.07 Å². The molecule has 4 nitrogen and oxygen atoms in total. The van der Waals surface area contributed by atoms with Crippen LogP contribution in [0.1, 0.15) is 12.7 Å². The third-order valence-electron chi connectivity index (χ3n) is 0.976. The summed E-state index contributed by atoms with van der Waals surface area (Å²) in [6.07, 6.45) is 1.58. The molecule has 2 N–H and O–H groups in total. The normalized spacial score (nSPS) is 11.9. The fourth-order valence-corrected chi connectivity index (χ4v) is 0.526. The standard InChI is InChI=1S/C6H9N3O/c1-5(7)8-4-6-2-3-9-10-6/h2-3H,4H2,1H3,(H2,7,8). The SMILES string of the molecule is CC(N)=NCc1ccno1. The molecule has 1 heterocycles. The summed E-state index contributed by atoms with van der Waals surface area (Å²) in [6, 6.07) is 1.76. The highest BCUT2D eigenvalue weighted by molar-refractivity contribution is 5.77. The molecule has 0 spiro atoms. The van der Waals surface area contributed by atoms with Crippen molar-refractivity contribution in [1.82, 2.24) is 5.16 Å². The zero-order chi connectivity index (χ0) is 7.40. The largest absolute Gasteiger partial charge is 0.388 e. The van der Waals surface area contributed by atoms with Crippen LogP contribution in [0.2, 0.25) is 0 Å². The van der Waals surface area contributed by atoms with Crippen molar-refractivity contribution in [2.24, 2.45) is 10.7 Å². The monoisotopic (exact) mass is 139 g/mol. The smallest absolute Gasteiger partial charge is 0.158 e. The van der Waals surface area contributed by atoms with Gasteiger partial charge in [0.1, 0.15) is 6.54 Å². The Hall–Kier alpha value is -1.32. The van der Waals surface area contributed by atoms with Crippen LogP contribution in [0.25, 0.3) is 0 Å².